The van der Waals surface area contributed by atoms with E-state index in [0.717, 1.165) is 10.0 Å². The number of halogens is 2. The van der Waals surface area contributed by atoms with Crippen molar-refractivity contribution in [2.24, 2.45) is 11.3 Å². The third kappa shape index (κ3) is 14.9. The van der Waals surface area contributed by atoms with Gasteiger partial charge in [-0.1, -0.05) is 91.0 Å². The zero-order valence-corrected chi connectivity index (χ0v) is 33.4. The molecule has 0 aliphatic carbocycles. The molecule has 2 rings (SSSR count). The summed E-state index contributed by atoms with van der Waals surface area (Å²) in [5.41, 5.74) is -0.912. The maximum atomic E-state index is 13.2. The molecule has 2 N–H and O–H groups in total. The van der Waals surface area contributed by atoms with Crippen LogP contribution in [0.4, 0.5) is 0 Å². The number of esters is 1. The average Bonchev–Trinajstić information content (AvgIpc) is 3.05. The Morgan fingerprint density at radius 1 is 1.16 bits per heavy atom. The Hall–Kier alpha value is -3.63. The molecular formula is C38H48BrClN2O8S. The first-order valence-electron chi connectivity index (χ1n) is 16.4. The van der Waals surface area contributed by atoms with E-state index in [0.29, 0.717) is 17.9 Å². The lowest BCUT2D eigenvalue weighted by Gasteiger charge is -2.29. The van der Waals surface area contributed by atoms with Crippen LogP contribution in [0, 0.1) is 23.2 Å². The number of hydrogen-bond donors (Lipinski definition) is 2. The Bertz CT molecular complexity index is 1710. The molecule has 13 heteroatoms. The summed E-state index contributed by atoms with van der Waals surface area (Å²) in [6.45, 7) is 12.5. The zero-order valence-electron chi connectivity index (χ0n) is 30.3. The van der Waals surface area contributed by atoms with E-state index in [9.17, 15) is 22.8 Å². The van der Waals surface area contributed by atoms with Crippen LogP contribution < -0.4 is 10.6 Å². The average molecular weight is 808 g/mol. The van der Waals surface area contributed by atoms with Crippen LogP contribution in [0.5, 0.6) is 0 Å². The fraction of sp³-hybridized carbons (Fsp3) is 0.447. The molecule has 1 aliphatic heterocycles. The van der Waals surface area contributed by atoms with Gasteiger partial charge < -0.3 is 24.8 Å². The smallest absolute Gasteiger partial charge is 0.373 e. The van der Waals surface area contributed by atoms with E-state index in [1.165, 1.54) is 38.4 Å². The van der Waals surface area contributed by atoms with Gasteiger partial charge in [-0.15, -0.1) is 0 Å². The highest BCUT2D eigenvalue weighted by molar-refractivity contribution is 9.10. The lowest BCUT2D eigenvalue weighted by molar-refractivity contribution is -0.151. The Kier molecular flexibility index (Phi) is 17.4. The number of rotatable bonds is 15. The second-order valence-electron chi connectivity index (χ2n) is 13.1. The maximum Gasteiger partial charge on any atom is 0.373 e. The van der Waals surface area contributed by atoms with Crippen molar-refractivity contribution in [2.45, 2.75) is 96.3 Å². The summed E-state index contributed by atoms with van der Waals surface area (Å²) in [6.07, 6.45) is 12.1. The lowest BCUT2D eigenvalue weighted by Crippen LogP contribution is -2.52. The molecule has 1 aliphatic rings. The van der Waals surface area contributed by atoms with E-state index in [1.807, 2.05) is 40.7 Å². The minimum atomic E-state index is -3.77. The van der Waals surface area contributed by atoms with Crippen molar-refractivity contribution in [3.8, 4) is 11.8 Å². The van der Waals surface area contributed by atoms with E-state index < -0.39 is 50.6 Å². The van der Waals surface area contributed by atoms with Gasteiger partial charge in [0.2, 0.25) is 15.7 Å². The van der Waals surface area contributed by atoms with Gasteiger partial charge in [0.15, 0.2) is 11.2 Å². The number of hydrogen-bond acceptors (Lipinski definition) is 8. The van der Waals surface area contributed by atoms with E-state index in [2.05, 4.69) is 38.4 Å². The van der Waals surface area contributed by atoms with Crippen molar-refractivity contribution in [2.75, 3.05) is 7.11 Å². The number of benzene rings is 1. The fourth-order valence-electron chi connectivity index (χ4n) is 4.84. The van der Waals surface area contributed by atoms with Gasteiger partial charge in [0.25, 0.3) is 5.91 Å². The lowest BCUT2D eigenvalue weighted by atomic mass is 9.86. The number of allylic oxidation sites excluding steroid dienone is 4. The standard InChI is InChI=1S/C38H48BrClN2O8S/c1-25(24-26(2)32-21-22-33(48-8)37(45)50-32)12-9-10-14-34(43)42-35(38(5,6)7)36(44)41-23-11-13-30(18-15-27(3)40)49-28(4)51(46,47)31-19-16-29(39)17-20-31/h9,11-12,15-17,19-20,22-24,26,28,30,32,35H,13,18,21H2,1-8H3,(H,41,44)(H,42,43)/b12-9-,23-11-,25-24+,27-15+/t26-,28?,30+,32-,35+/m0/s1. The molecule has 0 saturated heterocycles. The van der Waals surface area contributed by atoms with Crippen LogP contribution in [-0.4, -0.2) is 57.0 Å². The maximum absolute atomic E-state index is 13.2. The Morgan fingerprint density at radius 3 is 2.41 bits per heavy atom. The predicted octanol–water partition coefficient (Wildman–Crippen LogP) is 7.03. The number of methoxy groups -OCH3 is 1. The number of amides is 2. The molecule has 1 heterocycles. The highest BCUT2D eigenvalue weighted by Crippen LogP contribution is 2.24. The minimum Gasteiger partial charge on any atom is -0.490 e. The molecule has 5 atom stereocenters. The van der Waals surface area contributed by atoms with Crippen LogP contribution in [0.3, 0.4) is 0 Å². The van der Waals surface area contributed by atoms with Gasteiger partial charge in [-0.3, -0.25) is 9.59 Å². The second kappa shape index (κ2) is 20.4. The number of cyclic esters (lactones) is 1. The van der Waals surface area contributed by atoms with Crippen molar-refractivity contribution in [1.82, 2.24) is 10.6 Å². The monoisotopic (exact) mass is 806 g/mol. The van der Waals surface area contributed by atoms with Gasteiger partial charge in [-0.2, -0.15) is 0 Å². The van der Waals surface area contributed by atoms with E-state index in [4.69, 9.17) is 25.8 Å². The molecule has 2 amide bonds. The third-order valence-electron chi connectivity index (χ3n) is 7.71. The largest absolute Gasteiger partial charge is 0.490 e. The van der Waals surface area contributed by atoms with Crippen LogP contribution in [0.25, 0.3) is 0 Å². The van der Waals surface area contributed by atoms with Gasteiger partial charge >= 0.3 is 5.97 Å². The molecule has 0 aromatic heterocycles. The second-order valence-corrected chi connectivity index (χ2v) is 16.8. The Balaban J connectivity index is 2.00. The van der Waals surface area contributed by atoms with Crippen LogP contribution in [0.1, 0.15) is 67.7 Å². The van der Waals surface area contributed by atoms with Crippen LogP contribution >= 0.6 is 27.5 Å². The molecule has 51 heavy (non-hydrogen) atoms. The highest BCUT2D eigenvalue weighted by atomic mass is 79.9. The Labute approximate surface area is 315 Å². The fourth-order valence-corrected chi connectivity index (χ4v) is 6.40. The molecule has 0 bridgehead atoms. The van der Waals surface area contributed by atoms with E-state index in [-0.39, 0.29) is 29.1 Å². The zero-order chi connectivity index (χ0) is 38.4. The van der Waals surface area contributed by atoms with Gasteiger partial charge in [0.05, 0.1) is 18.1 Å². The molecule has 0 spiro atoms. The van der Waals surface area contributed by atoms with Crippen LogP contribution in [0.15, 0.2) is 92.7 Å². The molecule has 0 radical (unpaired) electrons. The van der Waals surface area contributed by atoms with Gasteiger partial charge in [-0.05, 0) is 87.6 Å². The summed E-state index contributed by atoms with van der Waals surface area (Å²) in [5.74, 6) is 3.77. The summed E-state index contributed by atoms with van der Waals surface area (Å²) in [6, 6.07) is 5.41. The topological polar surface area (TPSA) is 137 Å². The number of sulfone groups is 1. The first kappa shape index (κ1) is 43.5. The minimum absolute atomic E-state index is 0.0583. The van der Waals surface area contributed by atoms with Gasteiger partial charge in [0, 0.05) is 21.8 Å². The first-order chi connectivity index (χ1) is 23.8. The molecule has 0 saturated carbocycles. The van der Waals surface area contributed by atoms with Crippen molar-refractivity contribution >= 4 is 55.2 Å². The van der Waals surface area contributed by atoms with Gasteiger partial charge in [-0.25, -0.2) is 13.2 Å². The van der Waals surface area contributed by atoms with Crippen LogP contribution in [-0.2, 0) is 38.4 Å². The number of carbonyl (C=O) groups excluding carboxylic acids is 3. The van der Waals surface area contributed by atoms with Crippen molar-refractivity contribution < 1.29 is 37.0 Å². The van der Waals surface area contributed by atoms with Crippen molar-refractivity contribution in [3.05, 3.63) is 87.8 Å². The van der Waals surface area contributed by atoms with Crippen LogP contribution in [0.2, 0.25) is 0 Å². The summed E-state index contributed by atoms with van der Waals surface area (Å²) in [4.78, 5) is 37.9. The number of nitrogens with one attached hydrogen (secondary N) is 2. The first-order valence-corrected chi connectivity index (χ1v) is 19.1. The molecule has 1 unspecified atom stereocenters. The highest BCUT2D eigenvalue weighted by Gasteiger charge is 2.32. The number of ether oxygens (including phenoxy) is 3. The normalized spacial score (nSPS) is 18.2. The SMILES string of the molecule is COC1=CC[C@@H]([C@@H](C)/C=C(C)/C=C\C#CC(=O)N[C@H](C(=O)N/C=C\C[C@H](C/C=C(\C)Cl)OC(C)S(=O)(=O)c2ccc(Br)cc2)C(C)(C)C)OC1=O. The Morgan fingerprint density at radius 2 is 1.82 bits per heavy atom. The molecular weight excluding hydrogens is 760 g/mol. The third-order valence-corrected chi connectivity index (χ3v) is 10.3. The van der Waals surface area contributed by atoms with E-state index in [1.54, 1.807) is 43.4 Å². The molecule has 1 aromatic carbocycles. The summed E-state index contributed by atoms with van der Waals surface area (Å²) in [5, 5.41) is 5.93. The summed E-state index contributed by atoms with van der Waals surface area (Å²) in [7, 11) is -2.34. The molecule has 1 aromatic rings. The number of carbonyl (C=O) groups is 3. The summed E-state index contributed by atoms with van der Waals surface area (Å²) >= 11 is 9.34. The van der Waals surface area contributed by atoms with Crippen molar-refractivity contribution in [3.63, 3.8) is 0 Å². The van der Waals surface area contributed by atoms with Crippen molar-refractivity contribution in [1.29, 1.82) is 0 Å². The van der Waals surface area contributed by atoms with E-state index >= 15 is 0 Å². The molecule has 10 nitrogen and oxygen atoms in total. The molecule has 0 fully saturated rings. The molecule has 278 valence electrons. The summed E-state index contributed by atoms with van der Waals surface area (Å²) < 4.78 is 43.3. The predicted molar refractivity (Wildman–Crippen MR) is 203 cm³/mol. The van der Waals surface area contributed by atoms with Gasteiger partial charge in [0.1, 0.15) is 12.1 Å². The quantitative estimate of drug-likeness (QED) is 0.110.